The minimum absolute atomic E-state index is 0.256. The molecule has 1 saturated carbocycles. The van der Waals surface area contributed by atoms with Crippen molar-refractivity contribution >= 4 is 23.2 Å². The molecule has 2 rings (SSSR count). The van der Waals surface area contributed by atoms with Crippen molar-refractivity contribution in [3.8, 4) is 0 Å². The Balaban J connectivity index is 1.92. The first-order valence-electron chi connectivity index (χ1n) is 5.25. The smallest absolute Gasteiger partial charge is 0.124 e. The van der Waals surface area contributed by atoms with Gasteiger partial charge >= 0.3 is 0 Å². The van der Waals surface area contributed by atoms with Gasteiger partial charge in [-0.3, -0.25) is 0 Å². The molecule has 1 fully saturated rings. The van der Waals surface area contributed by atoms with Crippen LogP contribution in [0.25, 0.3) is 0 Å². The summed E-state index contributed by atoms with van der Waals surface area (Å²) in [6.07, 6.45) is 4.28. The van der Waals surface area contributed by atoms with Crippen molar-refractivity contribution in [1.29, 1.82) is 0 Å². The quantitative estimate of drug-likeness (QED) is 0.690. The number of aryl methyl sites for hydroxylation is 1. The number of hydrogen-bond donors (Lipinski definition) is 0. The second-order valence-corrected chi connectivity index (χ2v) is 5.10. The number of rotatable bonds is 4. The Morgan fingerprint density at radius 2 is 2.13 bits per heavy atom. The maximum absolute atomic E-state index is 12.8. The van der Waals surface area contributed by atoms with Crippen LogP contribution in [0.2, 0.25) is 5.02 Å². The van der Waals surface area contributed by atoms with E-state index in [4.69, 9.17) is 23.2 Å². The summed E-state index contributed by atoms with van der Waals surface area (Å²) < 4.78 is 12.8. The molecule has 0 N–H and O–H groups in total. The third-order valence-electron chi connectivity index (χ3n) is 2.84. The molecule has 15 heavy (non-hydrogen) atoms. The zero-order valence-corrected chi connectivity index (χ0v) is 9.86. The van der Waals surface area contributed by atoms with Crippen LogP contribution in [0.4, 0.5) is 4.39 Å². The van der Waals surface area contributed by atoms with Gasteiger partial charge in [0.15, 0.2) is 0 Å². The highest BCUT2D eigenvalue weighted by Gasteiger charge is 2.29. The fourth-order valence-corrected chi connectivity index (χ4v) is 2.33. The number of halogens is 3. The summed E-state index contributed by atoms with van der Waals surface area (Å²) >= 11 is 12.1. The standard InChI is InChI=1S/C12H13Cl2F/c13-11(8-1-2-8)6-4-9-3-5-10(15)7-12(9)14/h3,5,7-8,11H,1-2,4,6H2. The van der Waals surface area contributed by atoms with Crippen molar-refractivity contribution in [2.24, 2.45) is 5.92 Å². The van der Waals surface area contributed by atoms with E-state index in [9.17, 15) is 4.39 Å². The molecule has 82 valence electrons. The van der Waals surface area contributed by atoms with Crippen LogP contribution >= 0.6 is 23.2 Å². The molecular weight excluding hydrogens is 234 g/mol. The molecule has 0 radical (unpaired) electrons. The summed E-state index contributed by atoms with van der Waals surface area (Å²) in [6, 6.07) is 4.55. The summed E-state index contributed by atoms with van der Waals surface area (Å²) in [5.41, 5.74) is 0.990. The highest BCUT2D eigenvalue weighted by Crippen LogP contribution is 2.37. The van der Waals surface area contributed by atoms with Crippen LogP contribution in [0.1, 0.15) is 24.8 Å². The third kappa shape index (κ3) is 3.09. The van der Waals surface area contributed by atoms with Crippen LogP contribution < -0.4 is 0 Å². The second-order valence-electron chi connectivity index (χ2n) is 4.13. The molecule has 0 nitrogen and oxygen atoms in total. The van der Waals surface area contributed by atoms with Crippen LogP contribution in [0.15, 0.2) is 18.2 Å². The average molecular weight is 247 g/mol. The molecule has 0 bridgehead atoms. The minimum Gasteiger partial charge on any atom is -0.207 e. The lowest BCUT2D eigenvalue weighted by molar-refractivity contribution is 0.625. The summed E-state index contributed by atoms with van der Waals surface area (Å²) in [5, 5.41) is 0.765. The Bertz CT molecular complexity index is 347. The first-order chi connectivity index (χ1) is 7.16. The van der Waals surface area contributed by atoms with Crippen molar-refractivity contribution < 1.29 is 4.39 Å². The molecule has 0 amide bonds. The van der Waals surface area contributed by atoms with Crippen molar-refractivity contribution in [3.05, 3.63) is 34.6 Å². The van der Waals surface area contributed by atoms with Crippen molar-refractivity contribution in [2.45, 2.75) is 31.1 Å². The molecule has 1 aromatic carbocycles. The van der Waals surface area contributed by atoms with Crippen LogP contribution in [0.5, 0.6) is 0 Å². The van der Waals surface area contributed by atoms with Crippen LogP contribution in [-0.4, -0.2) is 5.38 Å². The van der Waals surface area contributed by atoms with Crippen molar-refractivity contribution in [1.82, 2.24) is 0 Å². The summed E-state index contributed by atoms with van der Waals surface area (Å²) in [4.78, 5) is 0. The molecule has 1 aromatic rings. The molecule has 0 heterocycles. The van der Waals surface area contributed by atoms with Crippen LogP contribution in [-0.2, 0) is 6.42 Å². The molecular formula is C12H13Cl2F. The maximum atomic E-state index is 12.8. The van der Waals surface area contributed by atoms with Gasteiger partial charge in [0.1, 0.15) is 5.82 Å². The normalized spacial score (nSPS) is 17.8. The lowest BCUT2D eigenvalue weighted by atomic mass is 10.1. The Kier molecular flexibility index (Phi) is 3.53. The predicted octanol–water partition coefficient (Wildman–Crippen LogP) is 4.43. The molecule has 1 aliphatic rings. The zero-order valence-electron chi connectivity index (χ0n) is 8.35. The number of alkyl halides is 1. The third-order valence-corrected chi connectivity index (χ3v) is 3.76. The van der Waals surface area contributed by atoms with Gasteiger partial charge in [-0.25, -0.2) is 4.39 Å². The van der Waals surface area contributed by atoms with Gasteiger partial charge in [0.05, 0.1) is 0 Å². The lowest BCUT2D eigenvalue weighted by Gasteiger charge is -2.08. The summed E-state index contributed by atoms with van der Waals surface area (Å²) in [5.74, 6) is 0.416. The Morgan fingerprint density at radius 1 is 1.40 bits per heavy atom. The van der Waals surface area contributed by atoms with Gasteiger partial charge in [-0.15, -0.1) is 11.6 Å². The van der Waals surface area contributed by atoms with Gasteiger partial charge in [0.2, 0.25) is 0 Å². The van der Waals surface area contributed by atoms with Gasteiger partial charge in [0.25, 0.3) is 0 Å². The predicted molar refractivity (Wildman–Crippen MR) is 62.1 cm³/mol. The summed E-state index contributed by atoms with van der Waals surface area (Å²) in [6.45, 7) is 0. The van der Waals surface area contributed by atoms with Crippen molar-refractivity contribution in [2.75, 3.05) is 0 Å². The van der Waals surface area contributed by atoms with Gasteiger partial charge in [-0.05, 0) is 49.3 Å². The first kappa shape index (κ1) is 11.2. The maximum Gasteiger partial charge on any atom is 0.124 e. The molecule has 1 aliphatic carbocycles. The molecule has 0 saturated heterocycles. The molecule has 3 heteroatoms. The van der Waals surface area contributed by atoms with E-state index >= 15 is 0 Å². The molecule has 1 unspecified atom stereocenters. The van der Waals surface area contributed by atoms with E-state index < -0.39 is 0 Å². The van der Waals surface area contributed by atoms with E-state index in [0.29, 0.717) is 10.9 Å². The van der Waals surface area contributed by atoms with E-state index in [1.54, 1.807) is 6.07 Å². The first-order valence-corrected chi connectivity index (χ1v) is 6.06. The highest BCUT2D eigenvalue weighted by molar-refractivity contribution is 6.31. The van der Waals surface area contributed by atoms with Gasteiger partial charge in [-0.2, -0.15) is 0 Å². The average Bonchev–Trinajstić information content (AvgIpc) is 2.99. The Hall–Kier alpha value is -0.270. The van der Waals surface area contributed by atoms with Crippen LogP contribution in [0, 0.1) is 11.7 Å². The van der Waals surface area contributed by atoms with E-state index in [1.807, 2.05) is 0 Å². The monoisotopic (exact) mass is 246 g/mol. The van der Waals surface area contributed by atoms with E-state index in [2.05, 4.69) is 0 Å². The summed E-state index contributed by atoms with van der Waals surface area (Å²) in [7, 11) is 0. The number of benzene rings is 1. The van der Waals surface area contributed by atoms with E-state index in [-0.39, 0.29) is 11.2 Å². The fraction of sp³-hybridized carbons (Fsp3) is 0.500. The Labute approximate surface area is 99.4 Å². The largest absolute Gasteiger partial charge is 0.207 e. The molecule has 0 spiro atoms. The fourth-order valence-electron chi connectivity index (χ4n) is 1.71. The molecule has 0 aliphatic heterocycles. The second kappa shape index (κ2) is 4.71. The SMILES string of the molecule is Fc1ccc(CCC(Cl)C2CC2)c(Cl)c1. The lowest BCUT2D eigenvalue weighted by Crippen LogP contribution is -2.03. The van der Waals surface area contributed by atoms with Crippen LogP contribution in [0.3, 0.4) is 0 Å². The highest BCUT2D eigenvalue weighted by atomic mass is 35.5. The zero-order chi connectivity index (χ0) is 10.8. The molecule has 0 aromatic heterocycles. The number of hydrogen-bond acceptors (Lipinski definition) is 0. The van der Waals surface area contributed by atoms with Gasteiger partial charge in [-0.1, -0.05) is 17.7 Å². The van der Waals surface area contributed by atoms with E-state index in [1.165, 1.54) is 25.0 Å². The van der Waals surface area contributed by atoms with Gasteiger partial charge < -0.3 is 0 Å². The Morgan fingerprint density at radius 3 is 2.73 bits per heavy atom. The minimum atomic E-state index is -0.284. The topological polar surface area (TPSA) is 0 Å². The molecule has 1 atom stereocenters. The van der Waals surface area contributed by atoms with Crippen molar-refractivity contribution in [3.63, 3.8) is 0 Å². The van der Waals surface area contributed by atoms with E-state index in [0.717, 1.165) is 18.4 Å². The van der Waals surface area contributed by atoms with Gasteiger partial charge in [0, 0.05) is 10.4 Å².